The molecule has 0 amide bonds. The molecule has 2 aromatic carbocycles. The molecule has 0 spiro atoms. The number of hydrogen-bond donors (Lipinski definition) is 0. The van der Waals surface area contributed by atoms with Gasteiger partial charge in [0.1, 0.15) is 17.1 Å². The summed E-state index contributed by atoms with van der Waals surface area (Å²) in [6.45, 7) is 3.21. The molecule has 0 unspecified atom stereocenters. The van der Waals surface area contributed by atoms with Gasteiger partial charge in [0, 0.05) is 10.4 Å². The first-order chi connectivity index (χ1) is 11.0. The molecular formula is C18H13ClO4. The number of rotatable bonds is 3. The van der Waals surface area contributed by atoms with Crippen LogP contribution in [0.2, 0.25) is 5.02 Å². The predicted octanol–water partition coefficient (Wildman–Crippen LogP) is 4.82. The van der Waals surface area contributed by atoms with Crippen molar-refractivity contribution in [2.45, 2.75) is 13.8 Å². The van der Waals surface area contributed by atoms with Gasteiger partial charge in [-0.3, -0.25) is 4.79 Å². The summed E-state index contributed by atoms with van der Waals surface area (Å²) in [5, 5.41) is 1.18. The van der Waals surface area contributed by atoms with Gasteiger partial charge in [-0.05, 0) is 56.3 Å². The number of ether oxygens (including phenoxy) is 1. The van der Waals surface area contributed by atoms with Gasteiger partial charge in [-0.2, -0.15) is 0 Å². The molecule has 116 valence electrons. The number of aryl methyl sites for hydroxylation is 1. The normalized spacial score (nSPS) is 10.7. The summed E-state index contributed by atoms with van der Waals surface area (Å²) in [6, 6.07) is 11.4. The molecule has 5 heteroatoms. The first-order valence-electron chi connectivity index (χ1n) is 6.97. The number of ketones is 1. The molecule has 0 aliphatic rings. The lowest BCUT2D eigenvalue weighted by atomic mass is 10.1. The number of carbonyl (C=O) groups is 2. The van der Waals surface area contributed by atoms with Gasteiger partial charge < -0.3 is 9.15 Å². The second-order valence-electron chi connectivity index (χ2n) is 5.14. The van der Waals surface area contributed by atoms with E-state index < -0.39 is 5.97 Å². The quantitative estimate of drug-likeness (QED) is 0.393. The molecule has 0 atom stereocenters. The molecule has 0 saturated heterocycles. The van der Waals surface area contributed by atoms with Crippen LogP contribution in [0.3, 0.4) is 0 Å². The molecular weight excluding hydrogens is 316 g/mol. The number of benzene rings is 2. The smallest absolute Gasteiger partial charge is 0.343 e. The van der Waals surface area contributed by atoms with E-state index in [1.807, 2.05) is 0 Å². The Hall–Kier alpha value is -2.59. The van der Waals surface area contributed by atoms with Crippen molar-refractivity contribution in [3.8, 4) is 5.75 Å². The molecule has 4 nitrogen and oxygen atoms in total. The maximum Gasteiger partial charge on any atom is 0.343 e. The van der Waals surface area contributed by atoms with Gasteiger partial charge in [0.15, 0.2) is 5.78 Å². The summed E-state index contributed by atoms with van der Waals surface area (Å²) in [5.41, 5.74) is 1.48. The summed E-state index contributed by atoms with van der Waals surface area (Å²) < 4.78 is 10.9. The molecule has 1 aromatic heterocycles. The van der Waals surface area contributed by atoms with Crippen molar-refractivity contribution < 1.29 is 18.7 Å². The number of Topliss-reactive ketones (excluding diaryl/α,β-unsaturated/α-hetero) is 1. The number of furan rings is 1. The topological polar surface area (TPSA) is 56.5 Å². The van der Waals surface area contributed by atoms with E-state index in [2.05, 4.69) is 0 Å². The summed E-state index contributed by atoms with van der Waals surface area (Å²) >= 11 is 5.80. The molecule has 0 aliphatic carbocycles. The van der Waals surface area contributed by atoms with Gasteiger partial charge in [0.2, 0.25) is 0 Å². The highest BCUT2D eigenvalue weighted by Crippen LogP contribution is 2.29. The second-order valence-corrected chi connectivity index (χ2v) is 5.58. The minimum Gasteiger partial charge on any atom is -0.461 e. The fraction of sp³-hybridized carbons (Fsp3) is 0.111. The van der Waals surface area contributed by atoms with Crippen molar-refractivity contribution >= 4 is 34.3 Å². The number of esters is 1. The van der Waals surface area contributed by atoms with Crippen LogP contribution >= 0.6 is 11.6 Å². The molecule has 0 fully saturated rings. The zero-order chi connectivity index (χ0) is 16.6. The largest absolute Gasteiger partial charge is 0.461 e. The molecule has 0 bridgehead atoms. The maximum absolute atomic E-state index is 12.1. The van der Waals surface area contributed by atoms with Crippen LogP contribution in [-0.2, 0) is 0 Å². The van der Waals surface area contributed by atoms with Crippen molar-refractivity contribution in [1.29, 1.82) is 0 Å². The van der Waals surface area contributed by atoms with E-state index in [1.165, 1.54) is 6.92 Å². The molecule has 0 saturated carbocycles. The van der Waals surface area contributed by atoms with E-state index in [-0.39, 0.29) is 5.78 Å². The maximum atomic E-state index is 12.1. The minimum absolute atomic E-state index is 0.0950. The Bertz CT molecular complexity index is 907. The number of hydrogen-bond acceptors (Lipinski definition) is 4. The van der Waals surface area contributed by atoms with E-state index in [4.69, 9.17) is 20.8 Å². The van der Waals surface area contributed by atoms with E-state index in [0.29, 0.717) is 38.6 Å². The SMILES string of the molecule is CC(=O)c1c(C)oc2ccc(OC(=O)c3ccc(Cl)cc3)cc12. The first kappa shape index (κ1) is 15.3. The Morgan fingerprint density at radius 2 is 1.78 bits per heavy atom. The number of fused-ring (bicyclic) bond motifs is 1. The first-order valence-corrected chi connectivity index (χ1v) is 7.35. The van der Waals surface area contributed by atoms with Crippen LogP contribution in [0.5, 0.6) is 5.75 Å². The molecule has 0 N–H and O–H groups in total. The van der Waals surface area contributed by atoms with Crippen molar-refractivity contribution in [3.63, 3.8) is 0 Å². The molecule has 0 aliphatic heterocycles. The van der Waals surface area contributed by atoms with E-state index in [1.54, 1.807) is 49.4 Å². The molecule has 23 heavy (non-hydrogen) atoms. The Morgan fingerprint density at radius 1 is 1.09 bits per heavy atom. The van der Waals surface area contributed by atoms with E-state index in [9.17, 15) is 9.59 Å². The van der Waals surface area contributed by atoms with Crippen LogP contribution < -0.4 is 4.74 Å². The lowest BCUT2D eigenvalue weighted by Crippen LogP contribution is -2.08. The molecule has 3 aromatic rings. The van der Waals surface area contributed by atoms with Gasteiger partial charge >= 0.3 is 5.97 Å². The fourth-order valence-electron chi connectivity index (χ4n) is 2.45. The van der Waals surface area contributed by atoms with Gasteiger partial charge in [-0.15, -0.1) is 0 Å². The zero-order valence-electron chi connectivity index (χ0n) is 12.6. The van der Waals surface area contributed by atoms with E-state index >= 15 is 0 Å². The van der Waals surface area contributed by atoms with Crippen LogP contribution in [0.25, 0.3) is 11.0 Å². The third-order valence-corrected chi connectivity index (χ3v) is 3.73. The Morgan fingerprint density at radius 3 is 2.43 bits per heavy atom. The molecule has 1 heterocycles. The van der Waals surface area contributed by atoms with Crippen LogP contribution in [0.4, 0.5) is 0 Å². The average molecular weight is 329 g/mol. The number of carbonyl (C=O) groups excluding carboxylic acids is 2. The average Bonchev–Trinajstić information content (AvgIpc) is 2.83. The Labute approximate surface area is 137 Å². The van der Waals surface area contributed by atoms with Crippen LogP contribution in [0, 0.1) is 6.92 Å². The highest BCUT2D eigenvalue weighted by atomic mass is 35.5. The highest BCUT2D eigenvalue weighted by Gasteiger charge is 2.16. The van der Waals surface area contributed by atoms with Crippen molar-refractivity contribution in [2.75, 3.05) is 0 Å². The van der Waals surface area contributed by atoms with Gasteiger partial charge in [-0.25, -0.2) is 4.79 Å². The Kier molecular flexibility index (Phi) is 3.92. The summed E-state index contributed by atoms with van der Waals surface area (Å²) in [7, 11) is 0. The van der Waals surface area contributed by atoms with Gasteiger partial charge in [0.05, 0.1) is 11.1 Å². The standard InChI is InChI=1S/C18H13ClO4/c1-10(20)17-11(2)22-16-8-7-14(9-15(16)17)23-18(21)12-3-5-13(19)6-4-12/h3-9H,1-2H3. The lowest BCUT2D eigenvalue weighted by molar-refractivity contribution is 0.0735. The third kappa shape index (κ3) is 2.98. The Balaban J connectivity index is 1.94. The molecule has 3 rings (SSSR count). The van der Waals surface area contributed by atoms with Crippen molar-refractivity contribution in [3.05, 3.63) is 64.4 Å². The third-order valence-electron chi connectivity index (χ3n) is 3.48. The fourth-order valence-corrected chi connectivity index (χ4v) is 2.58. The van der Waals surface area contributed by atoms with Crippen LogP contribution in [-0.4, -0.2) is 11.8 Å². The second kappa shape index (κ2) is 5.89. The zero-order valence-corrected chi connectivity index (χ0v) is 13.3. The van der Waals surface area contributed by atoms with Gasteiger partial charge in [-0.1, -0.05) is 11.6 Å². The van der Waals surface area contributed by atoms with Crippen molar-refractivity contribution in [1.82, 2.24) is 0 Å². The summed E-state index contributed by atoms with van der Waals surface area (Å²) in [4.78, 5) is 23.9. The summed E-state index contributed by atoms with van der Waals surface area (Å²) in [5.74, 6) is 0.308. The monoisotopic (exact) mass is 328 g/mol. The minimum atomic E-state index is -0.495. The predicted molar refractivity (Wildman–Crippen MR) is 87.4 cm³/mol. The van der Waals surface area contributed by atoms with Crippen molar-refractivity contribution in [2.24, 2.45) is 0 Å². The lowest BCUT2D eigenvalue weighted by Gasteiger charge is -2.04. The molecule has 0 radical (unpaired) electrons. The number of halogens is 1. The summed E-state index contributed by atoms with van der Waals surface area (Å²) in [6.07, 6.45) is 0. The highest BCUT2D eigenvalue weighted by molar-refractivity contribution is 6.30. The van der Waals surface area contributed by atoms with Crippen LogP contribution in [0.15, 0.2) is 46.9 Å². The van der Waals surface area contributed by atoms with E-state index in [0.717, 1.165) is 0 Å². The van der Waals surface area contributed by atoms with Crippen LogP contribution in [0.1, 0.15) is 33.4 Å². The van der Waals surface area contributed by atoms with Gasteiger partial charge in [0.25, 0.3) is 0 Å².